The smallest absolute Gasteiger partial charge is 0.322 e. The van der Waals surface area contributed by atoms with E-state index < -0.39 is 11.0 Å². The maximum atomic E-state index is 14.0. The highest BCUT2D eigenvalue weighted by atomic mass is 16.6. The van der Waals surface area contributed by atoms with Gasteiger partial charge in [-0.3, -0.25) is 9.59 Å². The van der Waals surface area contributed by atoms with Gasteiger partial charge in [0, 0.05) is 11.8 Å². The number of amides is 1. The van der Waals surface area contributed by atoms with E-state index in [-0.39, 0.29) is 36.0 Å². The van der Waals surface area contributed by atoms with Gasteiger partial charge in [0.2, 0.25) is 5.91 Å². The molecule has 29 heavy (non-hydrogen) atoms. The number of hydrogen-bond acceptors (Lipinski definition) is 4. The van der Waals surface area contributed by atoms with Gasteiger partial charge in [-0.15, -0.1) is 0 Å². The molecule has 0 saturated carbocycles. The molecule has 0 radical (unpaired) electrons. The molecule has 0 unspecified atom stereocenters. The van der Waals surface area contributed by atoms with Gasteiger partial charge in [0.15, 0.2) is 5.41 Å². The Morgan fingerprint density at radius 2 is 2.00 bits per heavy atom. The molecular weight excluding hydrogens is 366 g/mol. The van der Waals surface area contributed by atoms with Crippen molar-refractivity contribution in [3.05, 3.63) is 48.0 Å². The zero-order valence-electron chi connectivity index (χ0n) is 17.8. The fourth-order valence-corrected chi connectivity index (χ4v) is 5.25. The number of esters is 1. The molecule has 3 aliphatic rings. The quantitative estimate of drug-likeness (QED) is 0.435. The van der Waals surface area contributed by atoms with Gasteiger partial charge in [0.1, 0.15) is 11.8 Å². The minimum atomic E-state index is -1.17. The maximum Gasteiger partial charge on any atom is 0.322 e. The van der Waals surface area contributed by atoms with Crippen LogP contribution in [0.15, 0.2) is 42.5 Å². The van der Waals surface area contributed by atoms with Gasteiger partial charge in [0.25, 0.3) is 0 Å². The average Bonchev–Trinajstić information content (AvgIpc) is 3.13. The van der Waals surface area contributed by atoms with Crippen LogP contribution in [0.1, 0.15) is 58.6 Å². The maximum absolute atomic E-state index is 14.0. The monoisotopic (exact) mass is 397 g/mol. The van der Waals surface area contributed by atoms with E-state index in [1.165, 1.54) is 0 Å². The van der Waals surface area contributed by atoms with Crippen LogP contribution in [0.4, 0.5) is 0 Å². The van der Waals surface area contributed by atoms with Crippen molar-refractivity contribution in [2.45, 2.75) is 64.8 Å². The highest BCUT2D eigenvalue weighted by molar-refractivity contribution is 6.04. The molecule has 0 spiro atoms. The van der Waals surface area contributed by atoms with Crippen molar-refractivity contribution >= 4 is 11.9 Å². The van der Waals surface area contributed by atoms with Gasteiger partial charge in [-0.25, -0.2) is 0 Å². The van der Waals surface area contributed by atoms with Crippen molar-refractivity contribution in [2.24, 2.45) is 17.3 Å². The molecule has 5 nitrogen and oxygen atoms in total. The fourth-order valence-electron chi connectivity index (χ4n) is 5.25. The molecule has 0 N–H and O–H groups in total. The molecule has 156 valence electrons. The molecule has 0 bridgehead atoms. The van der Waals surface area contributed by atoms with E-state index in [0.717, 1.165) is 12.0 Å². The predicted octanol–water partition coefficient (Wildman–Crippen LogP) is 4.25. The van der Waals surface area contributed by atoms with E-state index in [2.05, 4.69) is 19.1 Å². The van der Waals surface area contributed by atoms with Crippen LogP contribution in [0.25, 0.3) is 0 Å². The summed E-state index contributed by atoms with van der Waals surface area (Å²) < 4.78 is 12.0. The Balaban J connectivity index is 1.80. The number of allylic oxidation sites excluding steroid dienone is 2. The lowest BCUT2D eigenvalue weighted by molar-refractivity contribution is -0.195. The third-order valence-electron chi connectivity index (χ3n) is 6.52. The Morgan fingerprint density at radius 3 is 2.66 bits per heavy atom. The van der Waals surface area contributed by atoms with Crippen LogP contribution in [0.5, 0.6) is 0 Å². The van der Waals surface area contributed by atoms with E-state index in [4.69, 9.17) is 9.47 Å². The Labute approximate surface area is 173 Å². The third-order valence-corrected chi connectivity index (χ3v) is 6.52. The number of benzene rings is 1. The molecule has 0 aromatic heterocycles. The van der Waals surface area contributed by atoms with E-state index in [0.29, 0.717) is 19.4 Å². The molecule has 2 saturated heterocycles. The summed E-state index contributed by atoms with van der Waals surface area (Å²) in [6.07, 6.45) is 5.88. The van der Waals surface area contributed by atoms with Crippen LogP contribution in [-0.4, -0.2) is 35.2 Å². The van der Waals surface area contributed by atoms with Gasteiger partial charge in [0.05, 0.1) is 12.6 Å². The molecule has 2 aliphatic heterocycles. The number of hydrogen-bond donors (Lipinski definition) is 0. The number of carbonyl (C=O) groups excluding carboxylic acids is 2. The molecule has 5 heteroatoms. The van der Waals surface area contributed by atoms with Gasteiger partial charge < -0.3 is 14.4 Å². The lowest BCUT2D eigenvalue weighted by Gasteiger charge is -2.52. The van der Waals surface area contributed by atoms with Crippen LogP contribution in [0, 0.1) is 17.3 Å². The van der Waals surface area contributed by atoms with Gasteiger partial charge in [-0.2, -0.15) is 0 Å². The van der Waals surface area contributed by atoms with Crippen molar-refractivity contribution in [3.63, 3.8) is 0 Å². The largest absolute Gasteiger partial charge is 0.459 e. The first-order valence-electron chi connectivity index (χ1n) is 10.7. The molecule has 5 atom stereocenters. The van der Waals surface area contributed by atoms with E-state index in [1.807, 2.05) is 56.0 Å². The lowest BCUT2D eigenvalue weighted by Crippen LogP contribution is -2.64. The van der Waals surface area contributed by atoms with Crippen LogP contribution >= 0.6 is 0 Å². The predicted molar refractivity (Wildman–Crippen MR) is 110 cm³/mol. The summed E-state index contributed by atoms with van der Waals surface area (Å²) in [5, 5.41) is 0. The van der Waals surface area contributed by atoms with Crippen molar-refractivity contribution in [1.29, 1.82) is 0 Å². The summed E-state index contributed by atoms with van der Waals surface area (Å²) in [6, 6.07) is 9.80. The van der Waals surface area contributed by atoms with Gasteiger partial charge in [-0.1, -0.05) is 49.4 Å². The number of fused-ring (bicyclic) bond motifs is 2. The van der Waals surface area contributed by atoms with Crippen molar-refractivity contribution < 1.29 is 19.1 Å². The minimum absolute atomic E-state index is 0.0606. The molecule has 1 aromatic rings. The molecule has 1 aromatic carbocycles. The number of nitrogens with zero attached hydrogens (tertiary/aromatic N) is 1. The van der Waals surface area contributed by atoms with Crippen molar-refractivity contribution in [3.8, 4) is 0 Å². The number of rotatable bonds is 3. The summed E-state index contributed by atoms with van der Waals surface area (Å²) in [5.41, 5.74) is -0.765. The minimum Gasteiger partial charge on any atom is -0.459 e. The number of piperidine rings is 1. The molecule has 1 amide bonds. The zero-order chi connectivity index (χ0) is 20.8. The third kappa shape index (κ3) is 3.20. The van der Waals surface area contributed by atoms with Crippen LogP contribution < -0.4 is 0 Å². The first-order valence-corrected chi connectivity index (χ1v) is 10.7. The SMILES string of the molecule is CC[C@@H]1[C@H]2OC[C@@H](c3ccccc3)N2C(=O)[C@@]2(C(=O)OC(C)(C)C)CCC=C[C@H]12. The van der Waals surface area contributed by atoms with E-state index >= 15 is 0 Å². The van der Waals surface area contributed by atoms with Crippen molar-refractivity contribution in [2.75, 3.05) is 6.61 Å². The average molecular weight is 398 g/mol. The second-order valence-corrected chi connectivity index (χ2v) is 9.40. The summed E-state index contributed by atoms with van der Waals surface area (Å²) >= 11 is 0. The Hall–Kier alpha value is -2.14. The topological polar surface area (TPSA) is 55.8 Å². The Bertz CT molecular complexity index is 812. The summed E-state index contributed by atoms with van der Waals surface area (Å²) in [7, 11) is 0. The van der Waals surface area contributed by atoms with E-state index in [1.54, 1.807) is 0 Å². The van der Waals surface area contributed by atoms with Crippen LogP contribution in [0.2, 0.25) is 0 Å². The second-order valence-electron chi connectivity index (χ2n) is 9.40. The highest BCUT2D eigenvalue weighted by Gasteiger charge is 2.65. The first-order chi connectivity index (χ1) is 13.8. The molecular formula is C24H31NO4. The van der Waals surface area contributed by atoms with Crippen LogP contribution in [0.3, 0.4) is 0 Å². The zero-order valence-corrected chi connectivity index (χ0v) is 17.8. The number of ether oxygens (including phenoxy) is 2. The molecule has 4 rings (SSSR count). The first kappa shape index (κ1) is 20.1. The second kappa shape index (κ2) is 7.28. The van der Waals surface area contributed by atoms with Gasteiger partial charge in [-0.05, 0) is 45.6 Å². The summed E-state index contributed by atoms with van der Waals surface area (Å²) in [5.74, 6) is -0.660. The molecule has 2 fully saturated rings. The van der Waals surface area contributed by atoms with E-state index in [9.17, 15) is 9.59 Å². The Morgan fingerprint density at radius 1 is 1.28 bits per heavy atom. The highest BCUT2D eigenvalue weighted by Crippen LogP contribution is 2.54. The molecule has 2 heterocycles. The Kier molecular flexibility index (Phi) is 5.06. The lowest BCUT2D eigenvalue weighted by atomic mass is 9.60. The summed E-state index contributed by atoms with van der Waals surface area (Å²) in [4.78, 5) is 29.4. The normalized spacial score (nSPS) is 33.9. The summed E-state index contributed by atoms with van der Waals surface area (Å²) in [6.45, 7) is 8.13. The standard InChI is InChI=1S/C24H31NO4/c1-5-17-18-13-9-10-14-24(18,22(27)29-23(2,3)4)21(26)25-19(15-28-20(17)25)16-11-7-6-8-12-16/h6-9,11-13,17-20H,5,10,14-15H2,1-4H3/t17-,18+,19-,20+,24+/m0/s1. The number of carbonyl (C=O) groups is 2. The van der Waals surface area contributed by atoms with Crippen LogP contribution in [-0.2, 0) is 19.1 Å². The van der Waals surface area contributed by atoms with Crippen molar-refractivity contribution in [1.82, 2.24) is 4.90 Å². The fraction of sp³-hybridized carbons (Fsp3) is 0.583. The molecule has 1 aliphatic carbocycles. The van der Waals surface area contributed by atoms with Gasteiger partial charge >= 0.3 is 5.97 Å².